The summed E-state index contributed by atoms with van der Waals surface area (Å²) in [5.41, 5.74) is 5.14. The van der Waals surface area contributed by atoms with Gasteiger partial charge in [-0.15, -0.1) is 0 Å². The zero-order chi connectivity index (χ0) is 9.84. The van der Waals surface area contributed by atoms with E-state index in [4.69, 9.17) is 5.73 Å². The van der Waals surface area contributed by atoms with Gasteiger partial charge in [0.15, 0.2) is 0 Å². The first-order valence-corrected chi connectivity index (χ1v) is 4.41. The first-order valence-electron chi connectivity index (χ1n) is 4.41. The van der Waals surface area contributed by atoms with E-state index >= 15 is 0 Å². The second-order valence-corrected chi connectivity index (χ2v) is 3.18. The fourth-order valence-corrected chi connectivity index (χ4v) is 1.45. The lowest BCUT2D eigenvalue weighted by Crippen LogP contribution is -2.39. The minimum Gasteiger partial charge on any atom is -0.351 e. The van der Waals surface area contributed by atoms with Crippen LogP contribution in [0.1, 0.15) is 13.3 Å². The Morgan fingerprint density at radius 1 is 1.08 bits per heavy atom. The molecule has 1 aliphatic rings. The van der Waals surface area contributed by atoms with Gasteiger partial charge in [-0.2, -0.15) is 0 Å². The molecule has 1 rings (SSSR count). The second kappa shape index (κ2) is 4.11. The van der Waals surface area contributed by atoms with Crippen molar-refractivity contribution in [3.05, 3.63) is 0 Å². The van der Waals surface area contributed by atoms with Gasteiger partial charge in [0.2, 0.25) is 5.91 Å². The van der Waals surface area contributed by atoms with Gasteiger partial charge in [-0.05, 0) is 6.42 Å². The van der Waals surface area contributed by atoms with Crippen molar-refractivity contribution >= 4 is 11.9 Å². The van der Waals surface area contributed by atoms with Gasteiger partial charge < -0.3 is 15.5 Å². The van der Waals surface area contributed by atoms with Gasteiger partial charge in [0.05, 0.1) is 0 Å². The number of primary amides is 1. The highest BCUT2D eigenvalue weighted by molar-refractivity contribution is 5.74. The Morgan fingerprint density at radius 2 is 1.62 bits per heavy atom. The first-order chi connectivity index (χ1) is 6.11. The van der Waals surface area contributed by atoms with Crippen molar-refractivity contribution in [3.8, 4) is 0 Å². The van der Waals surface area contributed by atoms with E-state index in [0.29, 0.717) is 19.6 Å². The highest BCUT2D eigenvalue weighted by Crippen LogP contribution is 2.02. The fraction of sp³-hybridized carbons (Fsp3) is 0.750. The van der Waals surface area contributed by atoms with E-state index in [0.717, 1.165) is 13.0 Å². The monoisotopic (exact) mass is 185 g/mol. The SMILES string of the molecule is CC(=O)N1CCCN(C(N)=O)CC1. The van der Waals surface area contributed by atoms with E-state index in [1.807, 2.05) is 0 Å². The summed E-state index contributed by atoms with van der Waals surface area (Å²) in [7, 11) is 0. The molecule has 0 atom stereocenters. The molecule has 13 heavy (non-hydrogen) atoms. The summed E-state index contributed by atoms with van der Waals surface area (Å²) >= 11 is 0. The highest BCUT2D eigenvalue weighted by Gasteiger charge is 2.17. The fourth-order valence-electron chi connectivity index (χ4n) is 1.45. The second-order valence-electron chi connectivity index (χ2n) is 3.18. The highest BCUT2D eigenvalue weighted by atomic mass is 16.2. The standard InChI is InChI=1S/C8H15N3O2/c1-7(12)10-3-2-4-11(6-5-10)8(9)13/h2-6H2,1H3,(H2,9,13). The number of nitrogens with two attached hydrogens (primary N) is 1. The molecule has 0 spiro atoms. The molecule has 0 aromatic carbocycles. The molecule has 1 aliphatic heterocycles. The molecule has 3 amide bonds. The van der Waals surface area contributed by atoms with Crippen molar-refractivity contribution in [2.45, 2.75) is 13.3 Å². The van der Waals surface area contributed by atoms with Crippen LogP contribution in [-0.4, -0.2) is 47.9 Å². The number of hydrogen-bond donors (Lipinski definition) is 1. The Morgan fingerprint density at radius 3 is 2.15 bits per heavy atom. The molecule has 1 saturated heterocycles. The summed E-state index contributed by atoms with van der Waals surface area (Å²) in [6.07, 6.45) is 0.808. The summed E-state index contributed by atoms with van der Waals surface area (Å²) in [6.45, 7) is 4.06. The Hall–Kier alpha value is -1.26. The zero-order valence-electron chi connectivity index (χ0n) is 7.82. The molecule has 0 radical (unpaired) electrons. The van der Waals surface area contributed by atoms with Gasteiger partial charge >= 0.3 is 6.03 Å². The largest absolute Gasteiger partial charge is 0.351 e. The van der Waals surface area contributed by atoms with E-state index in [9.17, 15) is 9.59 Å². The van der Waals surface area contributed by atoms with Crippen LogP contribution in [0.5, 0.6) is 0 Å². The summed E-state index contributed by atoms with van der Waals surface area (Å²) in [5, 5.41) is 0. The number of hydrogen-bond acceptors (Lipinski definition) is 2. The number of carbonyl (C=O) groups excluding carboxylic acids is 2. The van der Waals surface area contributed by atoms with Crippen LogP contribution in [-0.2, 0) is 4.79 Å². The molecule has 0 saturated carbocycles. The molecule has 0 aliphatic carbocycles. The molecule has 1 fully saturated rings. The maximum Gasteiger partial charge on any atom is 0.314 e. The lowest BCUT2D eigenvalue weighted by molar-refractivity contribution is -0.128. The third-order valence-electron chi connectivity index (χ3n) is 2.25. The third-order valence-corrected chi connectivity index (χ3v) is 2.25. The molecule has 1 heterocycles. The number of amides is 3. The molecule has 0 bridgehead atoms. The average molecular weight is 185 g/mol. The predicted octanol–water partition coefficient (Wildman–Crippen LogP) is -0.381. The van der Waals surface area contributed by atoms with Crippen molar-refractivity contribution in [2.24, 2.45) is 5.73 Å². The maximum absolute atomic E-state index is 11.0. The van der Waals surface area contributed by atoms with Gasteiger partial charge in [-0.3, -0.25) is 4.79 Å². The minimum absolute atomic E-state index is 0.0614. The third kappa shape index (κ3) is 2.61. The van der Waals surface area contributed by atoms with Crippen LogP contribution in [0.3, 0.4) is 0 Å². The van der Waals surface area contributed by atoms with E-state index in [2.05, 4.69) is 0 Å². The minimum atomic E-state index is -0.398. The van der Waals surface area contributed by atoms with Crippen molar-refractivity contribution in [2.75, 3.05) is 26.2 Å². The first kappa shape index (κ1) is 9.83. The summed E-state index contributed by atoms with van der Waals surface area (Å²) in [5.74, 6) is 0.0614. The quantitative estimate of drug-likeness (QED) is 0.559. The van der Waals surface area contributed by atoms with Crippen LogP contribution in [0.4, 0.5) is 4.79 Å². The Bertz CT molecular complexity index is 195. The van der Waals surface area contributed by atoms with Crippen molar-refractivity contribution in [3.63, 3.8) is 0 Å². The number of nitrogens with zero attached hydrogens (tertiary/aromatic N) is 2. The van der Waals surface area contributed by atoms with Crippen LogP contribution < -0.4 is 5.73 Å². The number of rotatable bonds is 0. The van der Waals surface area contributed by atoms with E-state index < -0.39 is 6.03 Å². The van der Waals surface area contributed by atoms with E-state index in [1.165, 1.54) is 0 Å². The molecule has 74 valence electrons. The average Bonchev–Trinajstić information content (AvgIpc) is 2.27. The van der Waals surface area contributed by atoms with Crippen LogP contribution >= 0.6 is 0 Å². The molecule has 2 N–H and O–H groups in total. The van der Waals surface area contributed by atoms with Crippen LogP contribution in [0.15, 0.2) is 0 Å². The lowest BCUT2D eigenvalue weighted by atomic mass is 10.4. The van der Waals surface area contributed by atoms with Crippen LogP contribution in [0.25, 0.3) is 0 Å². The molecule has 5 heteroatoms. The molecular formula is C8H15N3O2. The van der Waals surface area contributed by atoms with Gasteiger partial charge in [0, 0.05) is 33.1 Å². The number of urea groups is 1. The molecule has 0 aromatic rings. The van der Waals surface area contributed by atoms with Crippen molar-refractivity contribution < 1.29 is 9.59 Å². The Balaban J connectivity index is 2.48. The maximum atomic E-state index is 11.0. The normalized spacial score (nSPS) is 18.2. The van der Waals surface area contributed by atoms with Crippen LogP contribution in [0, 0.1) is 0 Å². The molecular weight excluding hydrogens is 170 g/mol. The van der Waals surface area contributed by atoms with Gasteiger partial charge in [0.25, 0.3) is 0 Å². The summed E-state index contributed by atoms with van der Waals surface area (Å²) in [6, 6.07) is -0.398. The van der Waals surface area contributed by atoms with Gasteiger partial charge in [0.1, 0.15) is 0 Å². The van der Waals surface area contributed by atoms with Gasteiger partial charge in [-0.25, -0.2) is 4.79 Å². The molecule has 0 aromatic heterocycles. The van der Waals surface area contributed by atoms with Crippen molar-refractivity contribution in [1.82, 2.24) is 9.80 Å². The van der Waals surface area contributed by atoms with Gasteiger partial charge in [-0.1, -0.05) is 0 Å². The van der Waals surface area contributed by atoms with E-state index in [1.54, 1.807) is 16.7 Å². The zero-order valence-corrected chi connectivity index (χ0v) is 7.82. The molecule has 5 nitrogen and oxygen atoms in total. The Kier molecular flexibility index (Phi) is 3.11. The summed E-state index contributed by atoms with van der Waals surface area (Å²) in [4.78, 5) is 25.2. The van der Waals surface area contributed by atoms with E-state index in [-0.39, 0.29) is 5.91 Å². The number of carbonyl (C=O) groups is 2. The smallest absolute Gasteiger partial charge is 0.314 e. The lowest BCUT2D eigenvalue weighted by Gasteiger charge is -2.19. The van der Waals surface area contributed by atoms with Crippen LogP contribution in [0.2, 0.25) is 0 Å². The summed E-state index contributed by atoms with van der Waals surface area (Å²) < 4.78 is 0. The molecule has 0 unspecified atom stereocenters. The topological polar surface area (TPSA) is 66.6 Å². The predicted molar refractivity (Wildman–Crippen MR) is 48.0 cm³/mol. The Labute approximate surface area is 77.5 Å². The van der Waals surface area contributed by atoms with Crippen molar-refractivity contribution in [1.29, 1.82) is 0 Å².